The Kier molecular flexibility index (Phi) is 4.65. The van der Waals surface area contributed by atoms with Crippen LogP contribution < -0.4 is 14.2 Å². The summed E-state index contributed by atoms with van der Waals surface area (Å²) in [5, 5.41) is 1.82. The topological polar surface area (TPSA) is 69.3 Å². The molecule has 0 aliphatic carbocycles. The van der Waals surface area contributed by atoms with Crippen LogP contribution in [0.2, 0.25) is 0 Å². The lowest BCUT2D eigenvalue weighted by Crippen LogP contribution is -1.99. The highest BCUT2D eigenvalue weighted by atomic mass is 16.5. The SMILES string of the molecule is COc1cc2c(Oc3ccc4[nH]ccc4c3)ncnc2cc1OCc1ccccc1. The molecule has 0 aliphatic heterocycles. The van der Waals surface area contributed by atoms with Gasteiger partial charge in [0.05, 0.1) is 18.0 Å². The molecule has 30 heavy (non-hydrogen) atoms. The van der Waals surface area contributed by atoms with Crippen molar-refractivity contribution in [2.45, 2.75) is 6.61 Å². The van der Waals surface area contributed by atoms with Crippen LogP contribution in [0.15, 0.2) is 79.3 Å². The lowest BCUT2D eigenvalue weighted by Gasteiger charge is -2.13. The van der Waals surface area contributed by atoms with E-state index in [0.717, 1.165) is 21.9 Å². The third kappa shape index (κ3) is 3.51. The van der Waals surface area contributed by atoms with Gasteiger partial charge in [-0.05, 0) is 35.9 Å². The van der Waals surface area contributed by atoms with Crippen LogP contribution in [-0.2, 0) is 6.61 Å². The molecule has 5 aromatic rings. The van der Waals surface area contributed by atoms with Gasteiger partial charge in [0.25, 0.3) is 0 Å². The molecule has 0 aliphatic rings. The molecular formula is C24H19N3O3. The zero-order valence-electron chi connectivity index (χ0n) is 16.3. The number of aromatic amines is 1. The molecule has 2 aromatic heterocycles. The average molecular weight is 397 g/mol. The van der Waals surface area contributed by atoms with Gasteiger partial charge in [0.1, 0.15) is 18.7 Å². The minimum Gasteiger partial charge on any atom is -0.493 e. The van der Waals surface area contributed by atoms with E-state index in [0.29, 0.717) is 35.3 Å². The van der Waals surface area contributed by atoms with E-state index in [4.69, 9.17) is 14.2 Å². The van der Waals surface area contributed by atoms with Gasteiger partial charge in [-0.25, -0.2) is 9.97 Å². The summed E-state index contributed by atoms with van der Waals surface area (Å²) in [7, 11) is 1.61. The molecule has 0 fully saturated rings. The van der Waals surface area contributed by atoms with E-state index in [1.54, 1.807) is 7.11 Å². The van der Waals surface area contributed by atoms with Gasteiger partial charge in [-0.1, -0.05) is 30.3 Å². The first-order chi connectivity index (χ1) is 14.8. The molecule has 0 saturated heterocycles. The molecule has 0 saturated carbocycles. The summed E-state index contributed by atoms with van der Waals surface area (Å²) in [6.45, 7) is 0.438. The van der Waals surface area contributed by atoms with E-state index < -0.39 is 0 Å². The second kappa shape index (κ2) is 7.75. The largest absolute Gasteiger partial charge is 0.493 e. The zero-order chi connectivity index (χ0) is 20.3. The molecule has 0 unspecified atom stereocenters. The normalized spacial score (nSPS) is 11.0. The number of H-pyrrole nitrogens is 1. The fourth-order valence-electron chi connectivity index (χ4n) is 3.34. The van der Waals surface area contributed by atoms with Gasteiger partial charge in [0.15, 0.2) is 11.5 Å². The molecule has 0 spiro atoms. The third-order valence-corrected chi connectivity index (χ3v) is 4.86. The number of methoxy groups -OCH3 is 1. The molecule has 0 amide bonds. The van der Waals surface area contributed by atoms with Gasteiger partial charge in [-0.15, -0.1) is 0 Å². The molecule has 6 nitrogen and oxygen atoms in total. The van der Waals surface area contributed by atoms with Crippen molar-refractivity contribution in [2.75, 3.05) is 7.11 Å². The van der Waals surface area contributed by atoms with E-state index in [1.807, 2.05) is 72.9 Å². The minimum absolute atomic E-state index is 0.438. The Morgan fingerprint density at radius 1 is 0.900 bits per heavy atom. The predicted molar refractivity (Wildman–Crippen MR) is 115 cm³/mol. The zero-order valence-corrected chi connectivity index (χ0v) is 16.3. The van der Waals surface area contributed by atoms with Gasteiger partial charge < -0.3 is 19.2 Å². The first-order valence-electron chi connectivity index (χ1n) is 9.54. The Hall–Kier alpha value is -4.06. The van der Waals surface area contributed by atoms with Gasteiger partial charge in [-0.3, -0.25) is 0 Å². The lowest BCUT2D eigenvalue weighted by atomic mass is 10.2. The Morgan fingerprint density at radius 2 is 1.80 bits per heavy atom. The van der Waals surface area contributed by atoms with Crippen LogP contribution in [0.25, 0.3) is 21.8 Å². The van der Waals surface area contributed by atoms with Crippen molar-refractivity contribution in [2.24, 2.45) is 0 Å². The average Bonchev–Trinajstić information content (AvgIpc) is 3.26. The van der Waals surface area contributed by atoms with Gasteiger partial charge >= 0.3 is 0 Å². The maximum Gasteiger partial charge on any atom is 0.230 e. The highest BCUT2D eigenvalue weighted by Crippen LogP contribution is 2.36. The second-order valence-electron chi connectivity index (χ2n) is 6.80. The van der Waals surface area contributed by atoms with E-state index in [9.17, 15) is 0 Å². The maximum atomic E-state index is 6.08. The summed E-state index contributed by atoms with van der Waals surface area (Å²) in [5.74, 6) is 2.37. The summed E-state index contributed by atoms with van der Waals surface area (Å²) in [5.41, 5.74) is 2.84. The molecule has 3 aromatic carbocycles. The Labute approximate surface area is 173 Å². The third-order valence-electron chi connectivity index (χ3n) is 4.86. The molecular weight excluding hydrogens is 378 g/mol. The molecule has 1 N–H and O–H groups in total. The summed E-state index contributed by atoms with van der Waals surface area (Å²) in [6.07, 6.45) is 3.39. The standard InChI is InChI=1S/C24H19N3O3/c1-28-22-12-19-21(13-23(22)29-14-16-5-3-2-4-6-16)26-15-27-24(19)30-18-7-8-20-17(11-18)9-10-25-20/h2-13,15,25H,14H2,1H3. The van der Waals surface area contributed by atoms with Gasteiger partial charge in [0, 0.05) is 23.2 Å². The molecule has 5 rings (SSSR count). The molecule has 2 heterocycles. The van der Waals surface area contributed by atoms with Gasteiger partial charge in [0.2, 0.25) is 5.88 Å². The first-order valence-corrected chi connectivity index (χ1v) is 9.54. The van der Waals surface area contributed by atoms with Crippen LogP contribution in [0.1, 0.15) is 5.56 Å². The second-order valence-corrected chi connectivity index (χ2v) is 6.80. The highest BCUT2D eigenvalue weighted by Gasteiger charge is 2.13. The van der Waals surface area contributed by atoms with E-state index in [1.165, 1.54) is 6.33 Å². The smallest absolute Gasteiger partial charge is 0.230 e. The number of fused-ring (bicyclic) bond motifs is 2. The summed E-state index contributed by atoms with van der Waals surface area (Å²) < 4.78 is 17.6. The van der Waals surface area contributed by atoms with Crippen LogP contribution in [-0.4, -0.2) is 22.1 Å². The number of ether oxygens (including phenoxy) is 3. The Morgan fingerprint density at radius 3 is 2.67 bits per heavy atom. The predicted octanol–water partition coefficient (Wildman–Crippen LogP) is 5.49. The number of hydrogen-bond donors (Lipinski definition) is 1. The summed E-state index contributed by atoms with van der Waals surface area (Å²) in [4.78, 5) is 11.9. The van der Waals surface area contributed by atoms with Crippen molar-refractivity contribution >= 4 is 21.8 Å². The van der Waals surface area contributed by atoms with E-state index in [-0.39, 0.29) is 0 Å². The number of hydrogen-bond acceptors (Lipinski definition) is 5. The minimum atomic E-state index is 0.438. The Balaban J connectivity index is 1.47. The molecule has 0 bridgehead atoms. The fourth-order valence-corrected chi connectivity index (χ4v) is 3.34. The van der Waals surface area contributed by atoms with E-state index in [2.05, 4.69) is 15.0 Å². The van der Waals surface area contributed by atoms with Crippen LogP contribution in [0, 0.1) is 0 Å². The summed E-state index contributed by atoms with van der Waals surface area (Å²) in [6, 6.07) is 21.5. The Bertz CT molecular complexity index is 1320. The highest BCUT2D eigenvalue weighted by molar-refractivity contribution is 5.87. The van der Waals surface area contributed by atoms with E-state index >= 15 is 0 Å². The number of aromatic nitrogens is 3. The molecule has 6 heteroatoms. The maximum absolute atomic E-state index is 6.08. The van der Waals surface area contributed by atoms with Crippen LogP contribution in [0.4, 0.5) is 0 Å². The number of nitrogens with zero attached hydrogens (tertiary/aromatic N) is 2. The molecule has 148 valence electrons. The number of rotatable bonds is 6. The van der Waals surface area contributed by atoms with Crippen molar-refractivity contribution in [3.05, 3.63) is 84.8 Å². The summed E-state index contributed by atoms with van der Waals surface area (Å²) >= 11 is 0. The van der Waals surface area contributed by atoms with Gasteiger partial charge in [-0.2, -0.15) is 0 Å². The fraction of sp³-hybridized carbons (Fsp3) is 0.0833. The quantitative estimate of drug-likeness (QED) is 0.410. The molecule has 0 radical (unpaired) electrons. The van der Waals surface area contributed by atoms with Crippen LogP contribution in [0.3, 0.4) is 0 Å². The van der Waals surface area contributed by atoms with Crippen molar-refractivity contribution < 1.29 is 14.2 Å². The monoisotopic (exact) mass is 397 g/mol. The lowest BCUT2D eigenvalue weighted by molar-refractivity contribution is 0.285. The van der Waals surface area contributed by atoms with Crippen molar-refractivity contribution in [3.8, 4) is 23.1 Å². The molecule has 0 atom stereocenters. The first kappa shape index (κ1) is 18.0. The number of benzene rings is 3. The van der Waals surface area contributed by atoms with Crippen molar-refractivity contribution in [1.82, 2.24) is 15.0 Å². The number of nitrogens with one attached hydrogen (secondary N) is 1. The van der Waals surface area contributed by atoms with Crippen LogP contribution >= 0.6 is 0 Å². The van der Waals surface area contributed by atoms with Crippen LogP contribution in [0.5, 0.6) is 23.1 Å². The van der Waals surface area contributed by atoms with Crippen molar-refractivity contribution in [3.63, 3.8) is 0 Å². The van der Waals surface area contributed by atoms with Crippen molar-refractivity contribution in [1.29, 1.82) is 0 Å².